The Labute approximate surface area is 119 Å². The number of hydrogen-bond donors (Lipinski definition) is 1. The van der Waals surface area contributed by atoms with Crippen molar-refractivity contribution in [2.24, 2.45) is 0 Å². The lowest BCUT2D eigenvalue weighted by atomic mass is 10.1. The van der Waals surface area contributed by atoms with Crippen molar-refractivity contribution in [3.63, 3.8) is 0 Å². The van der Waals surface area contributed by atoms with Crippen LogP contribution in [-0.2, 0) is 11.2 Å². The third-order valence-electron chi connectivity index (χ3n) is 3.18. The van der Waals surface area contributed by atoms with Crippen molar-refractivity contribution in [1.82, 2.24) is 20.4 Å². The SMILES string of the molecule is CC(C)NC(=O)CCc1nc(C2=CCN(C)CC2)no1. The summed E-state index contributed by atoms with van der Waals surface area (Å²) in [5.74, 6) is 1.20. The van der Waals surface area contributed by atoms with E-state index in [1.807, 2.05) is 13.8 Å². The van der Waals surface area contributed by atoms with Crippen molar-refractivity contribution >= 4 is 11.5 Å². The van der Waals surface area contributed by atoms with Gasteiger partial charge in [0, 0.05) is 32.0 Å². The highest BCUT2D eigenvalue weighted by molar-refractivity contribution is 5.76. The number of amides is 1. The zero-order chi connectivity index (χ0) is 14.5. The third kappa shape index (κ3) is 4.16. The Balaban J connectivity index is 1.88. The number of nitrogens with zero attached hydrogens (tertiary/aromatic N) is 3. The van der Waals surface area contributed by atoms with E-state index in [2.05, 4.69) is 33.5 Å². The van der Waals surface area contributed by atoms with Gasteiger partial charge in [0.2, 0.25) is 11.8 Å². The first kappa shape index (κ1) is 14.7. The van der Waals surface area contributed by atoms with Gasteiger partial charge in [0.05, 0.1) is 0 Å². The zero-order valence-corrected chi connectivity index (χ0v) is 12.3. The number of nitrogens with one attached hydrogen (secondary N) is 1. The van der Waals surface area contributed by atoms with Crippen LogP contribution in [0, 0.1) is 0 Å². The number of carbonyl (C=O) groups is 1. The fourth-order valence-corrected chi connectivity index (χ4v) is 2.08. The molecule has 0 bridgehead atoms. The van der Waals surface area contributed by atoms with E-state index in [9.17, 15) is 4.79 Å². The molecule has 2 rings (SSSR count). The lowest BCUT2D eigenvalue weighted by molar-refractivity contribution is -0.121. The summed E-state index contributed by atoms with van der Waals surface area (Å²) >= 11 is 0. The Morgan fingerprint density at radius 3 is 3.00 bits per heavy atom. The van der Waals surface area contributed by atoms with E-state index >= 15 is 0 Å². The number of aryl methyl sites for hydroxylation is 1. The van der Waals surface area contributed by atoms with Crippen molar-refractivity contribution in [3.05, 3.63) is 17.8 Å². The number of carbonyl (C=O) groups excluding carboxylic acids is 1. The van der Waals surface area contributed by atoms with E-state index in [0.717, 1.165) is 25.1 Å². The average molecular weight is 278 g/mol. The number of likely N-dealkylation sites (N-methyl/N-ethyl adjacent to an activating group) is 1. The zero-order valence-electron chi connectivity index (χ0n) is 12.3. The minimum atomic E-state index is 0.0123. The number of rotatable bonds is 5. The molecule has 6 nitrogen and oxygen atoms in total. The smallest absolute Gasteiger partial charge is 0.227 e. The highest BCUT2D eigenvalue weighted by Crippen LogP contribution is 2.19. The molecule has 1 aliphatic rings. The molecule has 0 atom stereocenters. The van der Waals surface area contributed by atoms with Crippen molar-refractivity contribution in [1.29, 1.82) is 0 Å². The molecule has 1 aromatic rings. The van der Waals surface area contributed by atoms with Gasteiger partial charge in [-0.25, -0.2) is 0 Å². The Morgan fingerprint density at radius 1 is 1.55 bits per heavy atom. The highest BCUT2D eigenvalue weighted by Gasteiger charge is 2.15. The van der Waals surface area contributed by atoms with Gasteiger partial charge < -0.3 is 14.7 Å². The Bertz CT molecular complexity index is 493. The standard InChI is InChI=1S/C14H22N4O2/c1-10(2)15-12(19)4-5-13-16-14(17-20-13)11-6-8-18(3)9-7-11/h6,10H,4-5,7-9H2,1-3H3,(H,15,19). The van der Waals surface area contributed by atoms with Gasteiger partial charge in [0.25, 0.3) is 0 Å². The molecule has 0 aromatic carbocycles. The molecule has 1 aliphatic heterocycles. The second-order valence-corrected chi connectivity index (χ2v) is 5.48. The summed E-state index contributed by atoms with van der Waals surface area (Å²) in [4.78, 5) is 18.2. The molecule has 1 N–H and O–H groups in total. The maximum atomic E-state index is 11.6. The molecule has 6 heteroatoms. The lowest BCUT2D eigenvalue weighted by Crippen LogP contribution is -2.30. The van der Waals surface area contributed by atoms with Crippen LogP contribution in [-0.4, -0.2) is 47.1 Å². The molecule has 2 heterocycles. The fourth-order valence-electron chi connectivity index (χ4n) is 2.08. The van der Waals surface area contributed by atoms with Crippen LogP contribution in [0.4, 0.5) is 0 Å². The van der Waals surface area contributed by atoms with Crippen LogP contribution >= 0.6 is 0 Å². The lowest BCUT2D eigenvalue weighted by Gasteiger charge is -2.19. The van der Waals surface area contributed by atoms with E-state index in [1.54, 1.807) is 0 Å². The summed E-state index contributed by atoms with van der Waals surface area (Å²) in [5, 5.41) is 6.84. The van der Waals surface area contributed by atoms with Crippen LogP contribution in [0.5, 0.6) is 0 Å². The van der Waals surface area contributed by atoms with Gasteiger partial charge in [-0.1, -0.05) is 11.2 Å². The van der Waals surface area contributed by atoms with E-state index in [-0.39, 0.29) is 11.9 Å². The van der Waals surface area contributed by atoms with Crippen molar-refractivity contribution in [2.45, 2.75) is 39.2 Å². The first-order valence-electron chi connectivity index (χ1n) is 7.04. The molecule has 0 aliphatic carbocycles. The van der Waals surface area contributed by atoms with Gasteiger partial charge in [0.1, 0.15) is 0 Å². The normalized spacial score (nSPS) is 16.3. The van der Waals surface area contributed by atoms with Crippen molar-refractivity contribution in [3.8, 4) is 0 Å². The van der Waals surface area contributed by atoms with Crippen LogP contribution in [0.2, 0.25) is 0 Å². The van der Waals surface area contributed by atoms with E-state index in [0.29, 0.717) is 24.6 Å². The highest BCUT2D eigenvalue weighted by atomic mass is 16.5. The number of hydrogen-bond acceptors (Lipinski definition) is 5. The Morgan fingerprint density at radius 2 is 2.35 bits per heavy atom. The summed E-state index contributed by atoms with van der Waals surface area (Å²) < 4.78 is 5.20. The van der Waals surface area contributed by atoms with Gasteiger partial charge in [-0.15, -0.1) is 0 Å². The summed E-state index contributed by atoms with van der Waals surface area (Å²) in [6, 6.07) is 0.158. The predicted octanol–water partition coefficient (Wildman–Crippen LogP) is 1.25. The molecule has 0 radical (unpaired) electrons. The quantitative estimate of drug-likeness (QED) is 0.877. The molecule has 1 amide bonds. The Hall–Kier alpha value is -1.69. The summed E-state index contributed by atoms with van der Waals surface area (Å²) in [6.07, 6.45) is 3.92. The first-order valence-corrected chi connectivity index (χ1v) is 7.04. The van der Waals surface area contributed by atoms with Crippen LogP contribution in [0.1, 0.15) is 38.4 Å². The summed E-state index contributed by atoms with van der Waals surface area (Å²) in [6.45, 7) is 5.80. The van der Waals surface area contributed by atoms with Gasteiger partial charge in [-0.2, -0.15) is 4.98 Å². The molecule has 0 fully saturated rings. The van der Waals surface area contributed by atoms with Gasteiger partial charge in [-0.3, -0.25) is 4.79 Å². The fraction of sp³-hybridized carbons (Fsp3) is 0.643. The molecule has 0 unspecified atom stereocenters. The molecule has 1 aromatic heterocycles. The minimum Gasteiger partial charge on any atom is -0.354 e. The third-order valence-corrected chi connectivity index (χ3v) is 3.18. The largest absolute Gasteiger partial charge is 0.354 e. The van der Waals surface area contributed by atoms with E-state index < -0.39 is 0 Å². The van der Waals surface area contributed by atoms with Gasteiger partial charge in [0.15, 0.2) is 5.82 Å². The molecular weight excluding hydrogens is 256 g/mol. The summed E-state index contributed by atoms with van der Waals surface area (Å²) in [5.41, 5.74) is 1.13. The summed E-state index contributed by atoms with van der Waals surface area (Å²) in [7, 11) is 2.09. The number of aromatic nitrogens is 2. The van der Waals surface area contributed by atoms with Crippen LogP contribution < -0.4 is 5.32 Å². The van der Waals surface area contributed by atoms with Crippen LogP contribution in [0.25, 0.3) is 5.57 Å². The van der Waals surface area contributed by atoms with Crippen molar-refractivity contribution < 1.29 is 9.32 Å². The molecule has 20 heavy (non-hydrogen) atoms. The Kier molecular flexibility index (Phi) is 4.89. The molecular formula is C14H22N4O2. The second-order valence-electron chi connectivity index (χ2n) is 5.48. The molecule has 0 saturated carbocycles. The van der Waals surface area contributed by atoms with E-state index in [4.69, 9.17) is 4.52 Å². The van der Waals surface area contributed by atoms with Crippen LogP contribution in [0.15, 0.2) is 10.6 Å². The average Bonchev–Trinajstić information content (AvgIpc) is 2.85. The minimum absolute atomic E-state index is 0.0123. The molecule has 110 valence electrons. The van der Waals surface area contributed by atoms with Crippen molar-refractivity contribution in [2.75, 3.05) is 20.1 Å². The van der Waals surface area contributed by atoms with E-state index in [1.165, 1.54) is 0 Å². The maximum Gasteiger partial charge on any atom is 0.227 e. The second kappa shape index (κ2) is 6.65. The predicted molar refractivity (Wildman–Crippen MR) is 76.0 cm³/mol. The van der Waals surface area contributed by atoms with Gasteiger partial charge >= 0.3 is 0 Å². The molecule has 0 spiro atoms. The van der Waals surface area contributed by atoms with Gasteiger partial charge in [-0.05, 0) is 32.9 Å². The topological polar surface area (TPSA) is 71.3 Å². The first-order chi connectivity index (χ1) is 9.54. The molecule has 0 saturated heterocycles. The monoisotopic (exact) mass is 278 g/mol. The maximum absolute atomic E-state index is 11.6. The van der Waals surface area contributed by atoms with Crippen LogP contribution in [0.3, 0.4) is 0 Å².